The monoisotopic (exact) mass is 278 g/mol. The number of carbonyl (C=O) groups is 1. The SMILES string of the molecule is CC(C)NCc1cn(CC(=O)NCC(F)(F)F)cn1. The van der Waals surface area contributed by atoms with Gasteiger partial charge in [-0.3, -0.25) is 4.79 Å². The van der Waals surface area contributed by atoms with E-state index in [1.165, 1.54) is 10.9 Å². The van der Waals surface area contributed by atoms with Crippen molar-refractivity contribution in [2.45, 2.75) is 39.2 Å². The Kier molecular flexibility index (Phi) is 5.34. The van der Waals surface area contributed by atoms with E-state index in [2.05, 4.69) is 10.3 Å². The van der Waals surface area contributed by atoms with E-state index < -0.39 is 18.6 Å². The molecule has 8 heteroatoms. The van der Waals surface area contributed by atoms with Crippen LogP contribution in [0.5, 0.6) is 0 Å². The van der Waals surface area contributed by atoms with Crippen LogP contribution in [0.15, 0.2) is 12.5 Å². The summed E-state index contributed by atoms with van der Waals surface area (Å²) < 4.78 is 37.1. The standard InChI is InChI=1S/C11H17F3N4O/c1-8(2)15-3-9-4-18(7-17-9)5-10(19)16-6-11(12,13)14/h4,7-8,15H,3,5-6H2,1-2H3,(H,16,19). The summed E-state index contributed by atoms with van der Waals surface area (Å²) in [4.78, 5) is 15.3. The van der Waals surface area contributed by atoms with Crippen molar-refractivity contribution < 1.29 is 18.0 Å². The van der Waals surface area contributed by atoms with Gasteiger partial charge in [-0.25, -0.2) is 4.98 Å². The molecular formula is C11H17F3N4O. The highest BCUT2D eigenvalue weighted by atomic mass is 19.4. The molecule has 0 aromatic carbocycles. The molecule has 0 atom stereocenters. The minimum Gasteiger partial charge on any atom is -0.345 e. The van der Waals surface area contributed by atoms with E-state index in [4.69, 9.17) is 0 Å². The fraction of sp³-hybridized carbons (Fsp3) is 0.636. The number of alkyl halides is 3. The second-order valence-electron chi connectivity index (χ2n) is 4.46. The second-order valence-corrected chi connectivity index (χ2v) is 4.46. The van der Waals surface area contributed by atoms with Crippen molar-refractivity contribution in [3.8, 4) is 0 Å². The lowest BCUT2D eigenvalue weighted by Gasteiger charge is -2.08. The Bertz CT molecular complexity index is 414. The van der Waals surface area contributed by atoms with E-state index in [0.29, 0.717) is 12.6 Å². The minimum atomic E-state index is -4.39. The van der Waals surface area contributed by atoms with Crippen LogP contribution in [0.25, 0.3) is 0 Å². The van der Waals surface area contributed by atoms with Gasteiger partial charge in [0, 0.05) is 18.8 Å². The van der Waals surface area contributed by atoms with Crippen molar-refractivity contribution >= 4 is 5.91 Å². The van der Waals surface area contributed by atoms with Gasteiger partial charge in [0.2, 0.25) is 5.91 Å². The normalized spacial score (nSPS) is 11.9. The van der Waals surface area contributed by atoms with Gasteiger partial charge >= 0.3 is 6.18 Å². The predicted octanol–water partition coefficient (Wildman–Crippen LogP) is 1.06. The van der Waals surface area contributed by atoms with Gasteiger partial charge in [0.15, 0.2) is 0 Å². The molecule has 0 aliphatic rings. The molecule has 1 heterocycles. The van der Waals surface area contributed by atoms with E-state index in [1.807, 2.05) is 13.8 Å². The Morgan fingerprint density at radius 1 is 1.47 bits per heavy atom. The maximum Gasteiger partial charge on any atom is 0.405 e. The average Bonchev–Trinajstić information content (AvgIpc) is 2.70. The van der Waals surface area contributed by atoms with E-state index in [1.54, 1.807) is 11.5 Å². The molecule has 5 nitrogen and oxygen atoms in total. The molecule has 108 valence electrons. The summed E-state index contributed by atoms with van der Waals surface area (Å²) in [6, 6.07) is 0.306. The van der Waals surface area contributed by atoms with Crippen molar-refractivity contribution in [3.05, 3.63) is 18.2 Å². The van der Waals surface area contributed by atoms with Gasteiger partial charge in [0.05, 0.1) is 12.0 Å². The maximum atomic E-state index is 11.9. The van der Waals surface area contributed by atoms with Gasteiger partial charge < -0.3 is 15.2 Å². The Balaban J connectivity index is 2.38. The number of aromatic nitrogens is 2. The zero-order chi connectivity index (χ0) is 14.5. The molecule has 1 rings (SSSR count). The zero-order valence-corrected chi connectivity index (χ0v) is 10.8. The molecule has 0 spiro atoms. The van der Waals surface area contributed by atoms with Crippen molar-refractivity contribution in [3.63, 3.8) is 0 Å². The zero-order valence-electron chi connectivity index (χ0n) is 10.8. The third kappa shape index (κ3) is 6.80. The molecule has 0 aliphatic heterocycles. The third-order valence-electron chi connectivity index (χ3n) is 2.19. The number of hydrogen-bond donors (Lipinski definition) is 2. The Morgan fingerprint density at radius 3 is 2.74 bits per heavy atom. The number of nitrogens with one attached hydrogen (secondary N) is 2. The van der Waals surface area contributed by atoms with Crippen LogP contribution in [0.2, 0.25) is 0 Å². The first-order valence-corrected chi connectivity index (χ1v) is 5.84. The lowest BCUT2D eigenvalue weighted by Crippen LogP contribution is -2.35. The van der Waals surface area contributed by atoms with Crippen LogP contribution in [0.4, 0.5) is 13.2 Å². The van der Waals surface area contributed by atoms with Crippen LogP contribution in [0.3, 0.4) is 0 Å². The summed E-state index contributed by atoms with van der Waals surface area (Å²) in [5.41, 5.74) is 0.734. The van der Waals surface area contributed by atoms with Crippen LogP contribution < -0.4 is 10.6 Å². The quantitative estimate of drug-likeness (QED) is 0.818. The highest BCUT2D eigenvalue weighted by Gasteiger charge is 2.27. The Morgan fingerprint density at radius 2 is 2.16 bits per heavy atom. The lowest BCUT2D eigenvalue weighted by molar-refractivity contribution is -0.138. The van der Waals surface area contributed by atoms with Gasteiger partial charge in [0.25, 0.3) is 0 Å². The highest BCUT2D eigenvalue weighted by molar-refractivity contribution is 5.75. The van der Waals surface area contributed by atoms with Crippen molar-refractivity contribution in [2.75, 3.05) is 6.54 Å². The van der Waals surface area contributed by atoms with Crippen molar-refractivity contribution in [1.82, 2.24) is 20.2 Å². The number of amides is 1. The van der Waals surface area contributed by atoms with Crippen LogP contribution in [-0.2, 0) is 17.9 Å². The largest absolute Gasteiger partial charge is 0.405 e. The van der Waals surface area contributed by atoms with Crippen molar-refractivity contribution in [1.29, 1.82) is 0 Å². The van der Waals surface area contributed by atoms with Gasteiger partial charge in [-0.1, -0.05) is 13.8 Å². The number of nitrogens with zero attached hydrogens (tertiary/aromatic N) is 2. The molecule has 0 radical (unpaired) electrons. The summed E-state index contributed by atoms with van der Waals surface area (Å²) in [5, 5.41) is 4.95. The second kappa shape index (κ2) is 6.55. The molecule has 19 heavy (non-hydrogen) atoms. The molecule has 1 amide bonds. The van der Waals surface area contributed by atoms with Crippen LogP contribution in [0.1, 0.15) is 19.5 Å². The first-order valence-electron chi connectivity index (χ1n) is 5.84. The molecule has 0 unspecified atom stereocenters. The number of imidazole rings is 1. The molecule has 1 aromatic rings. The van der Waals surface area contributed by atoms with Crippen LogP contribution in [0, 0.1) is 0 Å². The third-order valence-corrected chi connectivity index (χ3v) is 2.19. The number of halogens is 3. The summed E-state index contributed by atoms with van der Waals surface area (Å²) >= 11 is 0. The van der Waals surface area contributed by atoms with Gasteiger partial charge in [0.1, 0.15) is 13.1 Å². The summed E-state index contributed by atoms with van der Waals surface area (Å²) in [6.45, 7) is 3.03. The number of hydrogen-bond acceptors (Lipinski definition) is 3. The first kappa shape index (κ1) is 15.5. The first-order chi connectivity index (χ1) is 8.76. The molecular weight excluding hydrogens is 261 g/mol. The van der Waals surface area contributed by atoms with E-state index in [-0.39, 0.29) is 6.54 Å². The van der Waals surface area contributed by atoms with E-state index in [9.17, 15) is 18.0 Å². The fourth-order valence-corrected chi connectivity index (χ4v) is 1.31. The predicted molar refractivity (Wildman–Crippen MR) is 63.3 cm³/mol. The lowest BCUT2D eigenvalue weighted by atomic mass is 10.3. The summed E-state index contributed by atoms with van der Waals surface area (Å²) in [6.07, 6.45) is -1.34. The van der Waals surface area contributed by atoms with Gasteiger partial charge in [-0.15, -0.1) is 0 Å². The molecule has 1 aromatic heterocycles. The molecule has 0 fully saturated rings. The van der Waals surface area contributed by atoms with Gasteiger partial charge in [-0.05, 0) is 0 Å². The van der Waals surface area contributed by atoms with Crippen LogP contribution >= 0.6 is 0 Å². The summed E-state index contributed by atoms with van der Waals surface area (Å²) in [5.74, 6) is -0.696. The smallest absolute Gasteiger partial charge is 0.345 e. The highest BCUT2D eigenvalue weighted by Crippen LogP contribution is 2.12. The van der Waals surface area contributed by atoms with Crippen LogP contribution in [-0.4, -0.2) is 34.2 Å². The Labute approximate surface area is 109 Å². The topological polar surface area (TPSA) is 59.0 Å². The van der Waals surface area contributed by atoms with E-state index in [0.717, 1.165) is 5.69 Å². The molecule has 0 bridgehead atoms. The van der Waals surface area contributed by atoms with Gasteiger partial charge in [-0.2, -0.15) is 13.2 Å². The molecule has 0 aliphatic carbocycles. The Hall–Kier alpha value is -1.57. The van der Waals surface area contributed by atoms with Crippen molar-refractivity contribution in [2.24, 2.45) is 0 Å². The molecule has 0 saturated heterocycles. The van der Waals surface area contributed by atoms with E-state index >= 15 is 0 Å². The number of carbonyl (C=O) groups excluding carboxylic acids is 1. The molecule has 0 saturated carbocycles. The number of rotatable bonds is 6. The fourth-order valence-electron chi connectivity index (χ4n) is 1.31. The average molecular weight is 278 g/mol. The minimum absolute atomic E-state index is 0.176. The summed E-state index contributed by atoms with van der Waals surface area (Å²) in [7, 11) is 0. The molecule has 2 N–H and O–H groups in total. The maximum absolute atomic E-state index is 11.9.